The summed E-state index contributed by atoms with van der Waals surface area (Å²) in [7, 11) is 6.09. The molecule has 0 radical (unpaired) electrons. The van der Waals surface area contributed by atoms with Gasteiger partial charge in [-0.3, -0.25) is 4.79 Å². The Labute approximate surface area is 74.4 Å². The van der Waals surface area contributed by atoms with Crippen molar-refractivity contribution in [2.45, 2.75) is 19.4 Å². The van der Waals surface area contributed by atoms with Crippen molar-refractivity contribution in [3.63, 3.8) is 0 Å². The van der Waals surface area contributed by atoms with E-state index in [1.165, 1.54) is 0 Å². The number of nitrogens with two attached hydrogens (primary N) is 1. The van der Waals surface area contributed by atoms with Crippen molar-refractivity contribution in [3.05, 3.63) is 12.2 Å². The fourth-order valence-electron chi connectivity index (χ4n) is 1.43. The first-order valence-electron chi connectivity index (χ1n) is 4.10. The first kappa shape index (κ1) is 11.2. The topological polar surface area (TPSA) is 43.1 Å². The van der Waals surface area contributed by atoms with Gasteiger partial charge in [-0.05, 0) is 0 Å². The zero-order valence-corrected chi connectivity index (χ0v) is 8.42. The van der Waals surface area contributed by atoms with E-state index in [1.54, 1.807) is 0 Å². The van der Waals surface area contributed by atoms with Crippen molar-refractivity contribution in [2.75, 3.05) is 21.1 Å². The number of carbonyl (C=O) groups excluding carboxylic acids is 1. The summed E-state index contributed by atoms with van der Waals surface area (Å²) in [6.45, 7) is 5.73. The number of nitrogens with zero attached hydrogens (tertiary/aromatic N) is 1. The molecule has 0 fully saturated rings. The maximum absolute atomic E-state index is 10.9. The number of carbonyl (C=O) groups is 1. The van der Waals surface area contributed by atoms with E-state index >= 15 is 0 Å². The van der Waals surface area contributed by atoms with Crippen LogP contribution < -0.4 is 5.73 Å². The van der Waals surface area contributed by atoms with Gasteiger partial charge in [-0.2, -0.15) is 0 Å². The second kappa shape index (κ2) is 3.72. The van der Waals surface area contributed by atoms with Crippen LogP contribution in [-0.4, -0.2) is 37.6 Å². The van der Waals surface area contributed by atoms with E-state index in [0.29, 0.717) is 10.1 Å². The van der Waals surface area contributed by atoms with Gasteiger partial charge in [0, 0.05) is 6.42 Å². The molecule has 0 aliphatic heterocycles. The highest BCUT2D eigenvalue weighted by atomic mass is 16.1. The molecule has 0 heterocycles. The molecule has 0 aliphatic rings. The minimum absolute atomic E-state index is 0.127. The SMILES string of the molecule is C=C(C(N)=O)C(CC)[N+](C)(C)C. The predicted molar refractivity (Wildman–Crippen MR) is 50.4 cm³/mol. The molecule has 3 nitrogen and oxygen atoms in total. The molecule has 0 aromatic heterocycles. The van der Waals surface area contributed by atoms with Crippen LogP contribution in [0, 0.1) is 0 Å². The van der Waals surface area contributed by atoms with E-state index in [4.69, 9.17) is 5.73 Å². The van der Waals surface area contributed by atoms with E-state index in [1.807, 2.05) is 28.1 Å². The zero-order chi connectivity index (χ0) is 9.94. The summed E-state index contributed by atoms with van der Waals surface area (Å²) in [5, 5.41) is 0. The van der Waals surface area contributed by atoms with Crippen molar-refractivity contribution < 1.29 is 9.28 Å². The number of hydrogen-bond acceptors (Lipinski definition) is 1. The lowest BCUT2D eigenvalue weighted by atomic mass is 10.0. The summed E-state index contributed by atoms with van der Waals surface area (Å²) in [6, 6.07) is 0.127. The summed E-state index contributed by atoms with van der Waals surface area (Å²) in [5.41, 5.74) is 5.68. The Bertz CT molecular complexity index is 191. The average Bonchev–Trinajstić information content (AvgIpc) is 1.85. The quantitative estimate of drug-likeness (QED) is 0.486. The van der Waals surface area contributed by atoms with Crippen LogP contribution in [0.25, 0.3) is 0 Å². The van der Waals surface area contributed by atoms with E-state index in [2.05, 4.69) is 6.58 Å². The van der Waals surface area contributed by atoms with Crippen LogP contribution in [0.2, 0.25) is 0 Å². The Morgan fingerprint density at radius 3 is 2.00 bits per heavy atom. The number of hydrogen-bond donors (Lipinski definition) is 1. The Hall–Kier alpha value is -0.830. The third kappa shape index (κ3) is 2.66. The molecule has 2 N–H and O–H groups in total. The van der Waals surface area contributed by atoms with Gasteiger partial charge in [0.15, 0.2) is 0 Å². The fraction of sp³-hybridized carbons (Fsp3) is 0.667. The highest BCUT2D eigenvalue weighted by molar-refractivity contribution is 5.92. The van der Waals surface area contributed by atoms with Crippen molar-refractivity contribution in [1.29, 1.82) is 0 Å². The van der Waals surface area contributed by atoms with Crippen LogP contribution in [0.3, 0.4) is 0 Å². The molecule has 0 aromatic carbocycles. The molecular formula is C9H19N2O+. The van der Waals surface area contributed by atoms with E-state index in [-0.39, 0.29) is 6.04 Å². The Morgan fingerprint density at radius 1 is 1.50 bits per heavy atom. The van der Waals surface area contributed by atoms with Gasteiger partial charge in [-0.1, -0.05) is 13.5 Å². The molecule has 70 valence electrons. The average molecular weight is 171 g/mol. The van der Waals surface area contributed by atoms with E-state index in [0.717, 1.165) is 6.42 Å². The van der Waals surface area contributed by atoms with Crippen LogP contribution in [-0.2, 0) is 4.79 Å². The maximum atomic E-state index is 10.9. The Kier molecular flexibility index (Phi) is 3.46. The number of likely N-dealkylation sites (N-methyl/N-ethyl adjacent to an activating group) is 1. The summed E-state index contributed by atoms with van der Waals surface area (Å²) in [5.74, 6) is -0.394. The van der Waals surface area contributed by atoms with E-state index < -0.39 is 5.91 Å². The smallest absolute Gasteiger partial charge is 0.250 e. The monoisotopic (exact) mass is 171 g/mol. The zero-order valence-electron chi connectivity index (χ0n) is 8.42. The summed E-state index contributed by atoms with van der Waals surface area (Å²) in [6.07, 6.45) is 0.880. The van der Waals surface area contributed by atoms with Crippen molar-refractivity contribution in [1.82, 2.24) is 0 Å². The van der Waals surface area contributed by atoms with Gasteiger partial charge in [0.05, 0.1) is 26.7 Å². The highest BCUT2D eigenvalue weighted by Crippen LogP contribution is 2.14. The van der Waals surface area contributed by atoms with Crippen molar-refractivity contribution in [3.8, 4) is 0 Å². The van der Waals surface area contributed by atoms with Crippen LogP contribution >= 0.6 is 0 Å². The molecular weight excluding hydrogens is 152 g/mol. The van der Waals surface area contributed by atoms with Crippen LogP contribution in [0.4, 0.5) is 0 Å². The highest BCUT2D eigenvalue weighted by Gasteiger charge is 2.27. The second-order valence-corrected chi connectivity index (χ2v) is 3.93. The molecule has 12 heavy (non-hydrogen) atoms. The van der Waals surface area contributed by atoms with Gasteiger partial charge in [0.1, 0.15) is 6.04 Å². The fourth-order valence-corrected chi connectivity index (χ4v) is 1.43. The third-order valence-corrected chi connectivity index (χ3v) is 2.04. The normalized spacial score (nSPS) is 14.0. The predicted octanol–water partition coefficient (Wildman–Crippen LogP) is 0.513. The lowest BCUT2D eigenvalue weighted by molar-refractivity contribution is -0.890. The minimum atomic E-state index is -0.394. The van der Waals surface area contributed by atoms with Crippen molar-refractivity contribution >= 4 is 5.91 Å². The Balaban J connectivity index is 4.58. The lowest BCUT2D eigenvalue weighted by Gasteiger charge is -2.33. The molecule has 1 amide bonds. The number of primary amides is 1. The molecule has 0 aliphatic carbocycles. The molecule has 0 bridgehead atoms. The summed E-state index contributed by atoms with van der Waals surface area (Å²) < 4.78 is 0.693. The van der Waals surface area contributed by atoms with E-state index in [9.17, 15) is 4.79 Å². The van der Waals surface area contributed by atoms with Crippen molar-refractivity contribution in [2.24, 2.45) is 5.73 Å². The number of amides is 1. The summed E-state index contributed by atoms with van der Waals surface area (Å²) >= 11 is 0. The minimum Gasteiger partial charge on any atom is -0.366 e. The van der Waals surface area contributed by atoms with Gasteiger partial charge in [0.25, 0.3) is 0 Å². The molecule has 1 atom stereocenters. The molecule has 1 unspecified atom stereocenters. The standard InChI is InChI=1S/C9H18N2O/c1-6-8(11(3,4)5)7(2)9(10)12/h8H,2,6H2,1,3-5H3,(H-,10,12)/p+1. The maximum Gasteiger partial charge on any atom is 0.250 e. The van der Waals surface area contributed by atoms with Gasteiger partial charge in [-0.15, -0.1) is 0 Å². The molecule has 3 heteroatoms. The Morgan fingerprint density at radius 2 is 1.92 bits per heavy atom. The largest absolute Gasteiger partial charge is 0.366 e. The second-order valence-electron chi connectivity index (χ2n) is 3.93. The first-order chi connectivity index (χ1) is 5.30. The molecule has 0 rings (SSSR count). The number of rotatable bonds is 4. The summed E-state index contributed by atoms with van der Waals surface area (Å²) in [4.78, 5) is 10.9. The van der Waals surface area contributed by atoms with Crippen LogP contribution in [0.5, 0.6) is 0 Å². The van der Waals surface area contributed by atoms with Gasteiger partial charge in [0.2, 0.25) is 5.91 Å². The van der Waals surface area contributed by atoms with Crippen LogP contribution in [0.1, 0.15) is 13.3 Å². The van der Waals surface area contributed by atoms with Gasteiger partial charge in [-0.25, -0.2) is 0 Å². The molecule has 0 saturated carbocycles. The number of quaternary nitrogens is 1. The van der Waals surface area contributed by atoms with Gasteiger partial charge < -0.3 is 10.2 Å². The molecule has 0 aromatic rings. The molecule has 0 saturated heterocycles. The van der Waals surface area contributed by atoms with Crippen LogP contribution in [0.15, 0.2) is 12.2 Å². The third-order valence-electron chi connectivity index (χ3n) is 2.04. The first-order valence-corrected chi connectivity index (χ1v) is 4.10. The lowest BCUT2D eigenvalue weighted by Crippen LogP contribution is -2.47. The molecule has 0 spiro atoms. The van der Waals surface area contributed by atoms with Gasteiger partial charge >= 0.3 is 0 Å².